The maximum Gasteiger partial charge on any atom is 0.408 e. The van der Waals surface area contributed by atoms with Gasteiger partial charge in [0.05, 0.1) is 0 Å². The molecular formula is C30H39N5O3. The second kappa shape index (κ2) is 13.0. The summed E-state index contributed by atoms with van der Waals surface area (Å²) < 4.78 is 11.2. The van der Waals surface area contributed by atoms with Crippen molar-refractivity contribution in [2.75, 3.05) is 33.2 Å². The summed E-state index contributed by atoms with van der Waals surface area (Å²) in [6.45, 7) is 5.46. The Balaban J connectivity index is 1.26. The number of hydrogen-bond donors (Lipinski definition) is 1. The van der Waals surface area contributed by atoms with Crippen molar-refractivity contribution in [3.8, 4) is 11.4 Å². The summed E-state index contributed by atoms with van der Waals surface area (Å²) in [7, 11) is 2.17. The Bertz CT molecular complexity index is 1150. The van der Waals surface area contributed by atoms with E-state index in [9.17, 15) is 4.79 Å². The highest BCUT2D eigenvalue weighted by Crippen LogP contribution is 2.32. The second-order valence-corrected chi connectivity index (χ2v) is 10.7. The molecule has 1 aliphatic carbocycles. The molecule has 1 saturated carbocycles. The highest BCUT2D eigenvalue weighted by molar-refractivity contribution is 5.67. The van der Waals surface area contributed by atoms with Crippen LogP contribution in [0, 0.1) is 5.92 Å². The van der Waals surface area contributed by atoms with E-state index in [-0.39, 0.29) is 12.6 Å². The molecule has 0 bridgehead atoms. The maximum absolute atomic E-state index is 12.7. The van der Waals surface area contributed by atoms with Crippen LogP contribution in [-0.4, -0.2) is 59.3 Å². The Kier molecular flexibility index (Phi) is 9.04. The zero-order valence-electron chi connectivity index (χ0n) is 22.3. The van der Waals surface area contributed by atoms with Crippen molar-refractivity contribution in [2.45, 2.75) is 57.7 Å². The molecule has 2 heterocycles. The molecule has 1 amide bonds. The van der Waals surface area contributed by atoms with Crippen molar-refractivity contribution in [3.05, 3.63) is 71.6 Å². The highest BCUT2D eigenvalue weighted by atomic mass is 16.5. The molecule has 1 aromatic heterocycles. The van der Waals surface area contributed by atoms with Gasteiger partial charge in [0.2, 0.25) is 11.7 Å². The van der Waals surface area contributed by atoms with Gasteiger partial charge in [0.15, 0.2) is 0 Å². The van der Waals surface area contributed by atoms with Crippen molar-refractivity contribution in [1.82, 2.24) is 25.3 Å². The zero-order chi connectivity index (χ0) is 26.2. The van der Waals surface area contributed by atoms with Crippen LogP contribution >= 0.6 is 0 Å². The lowest BCUT2D eigenvalue weighted by Gasteiger charge is -2.32. The summed E-state index contributed by atoms with van der Waals surface area (Å²) >= 11 is 0. The van der Waals surface area contributed by atoms with Gasteiger partial charge in [-0.1, -0.05) is 85.8 Å². The van der Waals surface area contributed by atoms with Crippen molar-refractivity contribution in [3.63, 3.8) is 0 Å². The lowest BCUT2D eigenvalue weighted by molar-refractivity contribution is 0.130. The molecule has 1 aliphatic heterocycles. The van der Waals surface area contributed by atoms with Crippen molar-refractivity contribution < 1.29 is 14.1 Å². The average molecular weight is 518 g/mol. The largest absolute Gasteiger partial charge is 0.445 e. The number of alkyl carbamates (subject to hydrolysis) is 1. The fourth-order valence-corrected chi connectivity index (χ4v) is 5.45. The smallest absolute Gasteiger partial charge is 0.408 e. The Morgan fingerprint density at radius 2 is 1.79 bits per heavy atom. The molecule has 3 aromatic rings. The van der Waals surface area contributed by atoms with Crippen LogP contribution in [0.25, 0.3) is 11.4 Å². The second-order valence-electron chi connectivity index (χ2n) is 10.7. The summed E-state index contributed by atoms with van der Waals surface area (Å²) in [5, 5.41) is 7.32. The first-order valence-corrected chi connectivity index (χ1v) is 13.9. The Morgan fingerprint density at radius 1 is 1.03 bits per heavy atom. The molecule has 1 N–H and O–H groups in total. The first-order valence-electron chi connectivity index (χ1n) is 13.9. The fourth-order valence-electron chi connectivity index (χ4n) is 5.45. The molecule has 2 aliphatic rings. The van der Waals surface area contributed by atoms with E-state index in [2.05, 4.69) is 45.5 Å². The molecule has 8 nitrogen and oxygen atoms in total. The number of carbonyl (C=O) groups is 1. The number of carbonyl (C=O) groups excluding carboxylic acids is 1. The summed E-state index contributed by atoms with van der Waals surface area (Å²) in [5.74, 6) is 1.51. The van der Waals surface area contributed by atoms with Gasteiger partial charge >= 0.3 is 6.09 Å². The number of nitrogens with zero attached hydrogens (tertiary/aromatic N) is 4. The third-order valence-corrected chi connectivity index (χ3v) is 7.73. The number of ether oxygens (including phenoxy) is 1. The van der Waals surface area contributed by atoms with E-state index >= 15 is 0 Å². The van der Waals surface area contributed by atoms with Crippen molar-refractivity contribution >= 4 is 6.09 Å². The minimum atomic E-state index is -0.469. The highest BCUT2D eigenvalue weighted by Gasteiger charge is 2.27. The molecule has 0 radical (unpaired) electrons. The van der Waals surface area contributed by atoms with Crippen molar-refractivity contribution in [2.24, 2.45) is 5.92 Å². The molecule has 202 valence electrons. The van der Waals surface area contributed by atoms with E-state index in [0.717, 1.165) is 63.1 Å². The molecule has 5 rings (SSSR count). The first-order chi connectivity index (χ1) is 18.6. The van der Waals surface area contributed by atoms with E-state index < -0.39 is 6.09 Å². The van der Waals surface area contributed by atoms with E-state index in [4.69, 9.17) is 14.2 Å². The van der Waals surface area contributed by atoms with E-state index in [1.807, 2.05) is 36.4 Å². The van der Waals surface area contributed by atoms with Gasteiger partial charge in [0.1, 0.15) is 12.6 Å². The lowest BCUT2D eigenvalue weighted by atomic mass is 9.85. The van der Waals surface area contributed by atoms with E-state index in [0.29, 0.717) is 17.6 Å². The van der Waals surface area contributed by atoms with E-state index in [1.165, 1.54) is 24.8 Å². The van der Waals surface area contributed by atoms with Gasteiger partial charge in [0, 0.05) is 38.3 Å². The average Bonchev–Trinajstić information content (AvgIpc) is 3.45. The minimum absolute atomic E-state index is 0.220. The standard InChI is InChI=1S/C30H39N5O3/c1-34-15-17-35(18-16-34)21-25-13-8-14-26(19-25)28-32-29(38-33-28)27(20-23-9-4-2-5-10-23)31-30(36)37-22-24-11-6-3-7-12-24/h3,6-8,11-14,19,23,27H,2,4-5,9-10,15-18,20-22H2,1H3,(H,31,36). The summed E-state index contributed by atoms with van der Waals surface area (Å²) in [6, 6.07) is 17.7. The topological polar surface area (TPSA) is 83.7 Å². The summed E-state index contributed by atoms with van der Waals surface area (Å²) in [4.78, 5) is 22.3. The van der Waals surface area contributed by atoms with Crippen LogP contribution < -0.4 is 5.32 Å². The third-order valence-electron chi connectivity index (χ3n) is 7.73. The van der Waals surface area contributed by atoms with Crippen LogP contribution in [-0.2, 0) is 17.9 Å². The molecular weight excluding hydrogens is 478 g/mol. The molecule has 1 atom stereocenters. The SMILES string of the molecule is CN1CCN(Cc2cccc(-c3noc(C(CC4CCCCC4)NC(=O)OCc4ccccc4)n3)c2)CC1. The van der Waals surface area contributed by atoms with E-state index in [1.54, 1.807) is 0 Å². The monoisotopic (exact) mass is 517 g/mol. The molecule has 2 fully saturated rings. The van der Waals surface area contributed by atoms with Crippen LogP contribution in [0.4, 0.5) is 4.79 Å². The van der Waals surface area contributed by atoms with Crippen LogP contribution in [0.2, 0.25) is 0 Å². The summed E-state index contributed by atoms with van der Waals surface area (Å²) in [6.07, 6.45) is 6.35. The number of amides is 1. The lowest BCUT2D eigenvalue weighted by Crippen LogP contribution is -2.43. The molecule has 38 heavy (non-hydrogen) atoms. The quantitative estimate of drug-likeness (QED) is 0.406. The first kappa shape index (κ1) is 26.4. The maximum atomic E-state index is 12.7. The van der Waals surface area contributed by atoms with Gasteiger partial charge in [-0.3, -0.25) is 4.90 Å². The molecule has 1 unspecified atom stereocenters. The van der Waals surface area contributed by atoms with Gasteiger partial charge in [-0.05, 0) is 36.6 Å². The number of nitrogens with one attached hydrogen (secondary N) is 1. The Labute approximate surface area is 225 Å². The molecule has 8 heteroatoms. The molecule has 0 spiro atoms. The fraction of sp³-hybridized carbons (Fsp3) is 0.500. The van der Waals surface area contributed by atoms with Gasteiger partial charge in [-0.2, -0.15) is 4.98 Å². The van der Waals surface area contributed by atoms with Crippen LogP contribution in [0.3, 0.4) is 0 Å². The van der Waals surface area contributed by atoms with Gasteiger partial charge < -0.3 is 19.5 Å². The third kappa shape index (κ3) is 7.42. The number of piperazine rings is 1. The van der Waals surface area contributed by atoms with Gasteiger partial charge in [-0.15, -0.1) is 0 Å². The Morgan fingerprint density at radius 3 is 2.58 bits per heavy atom. The molecule has 2 aromatic carbocycles. The predicted octanol–water partition coefficient (Wildman–Crippen LogP) is 5.42. The normalized spacial score (nSPS) is 18.2. The van der Waals surface area contributed by atoms with Crippen molar-refractivity contribution in [1.29, 1.82) is 0 Å². The number of aromatic nitrogens is 2. The Hall–Kier alpha value is -3.23. The zero-order valence-corrected chi connectivity index (χ0v) is 22.3. The number of hydrogen-bond acceptors (Lipinski definition) is 7. The van der Waals surface area contributed by atoms with Crippen LogP contribution in [0.1, 0.15) is 61.6 Å². The number of likely N-dealkylation sites (N-methyl/N-ethyl adjacent to an activating group) is 1. The van der Waals surface area contributed by atoms with Crippen LogP contribution in [0.5, 0.6) is 0 Å². The summed E-state index contributed by atoms with van der Waals surface area (Å²) in [5.41, 5.74) is 3.11. The number of benzene rings is 2. The predicted molar refractivity (Wildman–Crippen MR) is 146 cm³/mol. The van der Waals surface area contributed by atoms with Crippen LogP contribution in [0.15, 0.2) is 59.1 Å². The van der Waals surface area contributed by atoms with Gasteiger partial charge in [0.25, 0.3) is 0 Å². The van der Waals surface area contributed by atoms with Gasteiger partial charge in [-0.25, -0.2) is 4.79 Å². The number of rotatable bonds is 9. The molecule has 1 saturated heterocycles. The minimum Gasteiger partial charge on any atom is -0.445 e.